The highest BCUT2D eigenvalue weighted by molar-refractivity contribution is 5.81. The van der Waals surface area contributed by atoms with Crippen LogP contribution in [-0.2, 0) is 16.0 Å². The van der Waals surface area contributed by atoms with Gasteiger partial charge in [-0.25, -0.2) is 0 Å². The largest absolute Gasteiger partial charge is 0.481 e. The van der Waals surface area contributed by atoms with E-state index in [0.29, 0.717) is 6.42 Å². The lowest BCUT2D eigenvalue weighted by molar-refractivity contribution is -0.227. The third kappa shape index (κ3) is 3.48. The quantitative estimate of drug-likeness (QED) is 0.924. The number of likely N-dealkylation sites (tertiary alicyclic amines) is 1. The molecule has 4 nitrogen and oxygen atoms in total. The van der Waals surface area contributed by atoms with Gasteiger partial charge in [0, 0.05) is 19.5 Å². The molecule has 0 aromatic heterocycles. The molecule has 1 amide bonds. The average molecular weight is 329 g/mol. The van der Waals surface area contributed by atoms with Crippen LogP contribution in [0.2, 0.25) is 0 Å². The molecule has 1 N–H and O–H groups in total. The lowest BCUT2D eigenvalue weighted by Gasteiger charge is -2.27. The zero-order valence-corrected chi connectivity index (χ0v) is 12.7. The van der Waals surface area contributed by atoms with E-state index < -0.39 is 36.4 Å². The molecule has 1 aromatic carbocycles. The molecule has 126 valence electrons. The molecule has 2 rings (SSSR count). The van der Waals surface area contributed by atoms with E-state index in [1.165, 1.54) is 0 Å². The summed E-state index contributed by atoms with van der Waals surface area (Å²) in [5.41, 5.74) is -0.873. The van der Waals surface area contributed by atoms with Gasteiger partial charge in [0.2, 0.25) is 5.91 Å². The summed E-state index contributed by atoms with van der Waals surface area (Å²) in [5, 5.41) is 8.98. The molecule has 1 fully saturated rings. The van der Waals surface area contributed by atoms with Gasteiger partial charge in [0.15, 0.2) is 5.41 Å². The Balaban J connectivity index is 2.01. The number of nitrogens with zero attached hydrogens (tertiary/aromatic N) is 1. The van der Waals surface area contributed by atoms with Gasteiger partial charge >= 0.3 is 12.1 Å². The van der Waals surface area contributed by atoms with Crippen LogP contribution < -0.4 is 0 Å². The van der Waals surface area contributed by atoms with Crippen molar-refractivity contribution < 1.29 is 27.9 Å². The zero-order chi connectivity index (χ0) is 17.3. The molecule has 0 bridgehead atoms. The first-order valence-electron chi connectivity index (χ1n) is 7.29. The summed E-state index contributed by atoms with van der Waals surface area (Å²) >= 11 is 0. The summed E-state index contributed by atoms with van der Waals surface area (Å²) in [7, 11) is 0. The number of aliphatic carboxylic acids is 1. The minimum Gasteiger partial charge on any atom is -0.481 e. The number of carboxylic acids is 1. The molecule has 1 atom stereocenters. The molecule has 0 aliphatic carbocycles. The van der Waals surface area contributed by atoms with Gasteiger partial charge in [-0.15, -0.1) is 0 Å². The molecule has 1 heterocycles. The Bertz CT molecular complexity index is 615. The third-order valence-electron chi connectivity index (χ3n) is 4.28. The van der Waals surface area contributed by atoms with Crippen LogP contribution in [0.4, 0.5) is 13.2 Å². The van der Waals surface area contributed by atoms with Gasteiger partial charge in [-0.1, -0.05) is 29.8 Å². The lowest BCUT2D eigenvalue weighted by atomic mass is 9.86. The number of rotatable bonds is 4. The van der Waals surface area contributed by atoms with Gasteiger partial charge < -0.3 is 10.0 Å². The molecule has 1 aliphatic heterocycles. The van der Waals surface area contributed by atoms with E-state index in [-0.39, 0.29) is 13.0 Å². The van der Waals surface area contributed by atoms with Gasteiger partial charge in [0.1, 0.15) is 0 Å². The minimum absolute atomic E-state index is 0.0665. The second kappa shape index (κ2) is 6.22. The van der Waals surface area contributed by atoms with E-state index in [2.05, 4.69) is 0 Å². The number of halogens is 3. The fourth-order valence-corrected chi connectivity index (χ4v) is 2.83. The van der Waals surface area contributed by atoms with Crippen molar-refractivity contribution in [3.05, 3.63) is 35.4 Å². The molecule has 23 heavy (non-hydrogen) atoms. The highest BCUT2D eigenvalue weighted by Crippen LogP contribution is 2.45. The first kappa shape index (κ1) is 17.3. The second-order valence-electron chi connectivity index (χ2n) is 5.94. The maximum Gasteiger partial charge on any atom is 0.406 e. The van der Waals surface area contributed by atoms with Crippen molar-refractivity contribution in [1.82, 2.24) is 4.90 Å². The summed E-state index contributed by atoms with van der Waals surface area (Å²) in [4.78, 5) is 24.2. The first-order valence-corrected chi connectivity index (χ1v) is 7.29. The number of carbonyl (C=O) groups is 2. The van der Waals surface area contributed by atoms with Crippen LogP contribution in [-0.4, -0.2) is 41.1 Å². The van der Waals surface area contributed by atoms with Crippen LogP contribution in [0.25, 0.3) is 0 Å². The summed E-state index contributed by atoms with van der Waals surface area (Å²) in [5.74, 6) is -2.36. The molecule has 0 radical (unpaired) electrons. The molecule has 1 aromatic rings. The van der Waals surface area contributed by atoms with Crippen LogP contribution >= 0.6 is 0 Å². The van der Waals surface area contributed by atoms with Crippen molar-refractivity contribution in [1.29, 1.82) is 0 Å². The molecule has 0 spiro atoms. The summed E-state index contributed by atoms with van der Waals surface area (Å²) < 4.78 is 39.2. The van der Waals surface area contributed by atoms with Gasteiger partial charge in [-0.3, -0.25) is 9.59 Å². The van der Waals surface area contributed by atoms with Crippen LogP contribution in [0.3, 0.4) is 0 Å². The standard InChI is InChI=1S/C16H18F3NO3/c1-11-3-2-4-12(9-11)5-6-13(21)20-8-7-15(10-20,14(22)23)16(17,18)19/h2-4,9H,5-8,10H2,1H3,(H,22,23). The van der Waals surface area contributed by atoms with Crippen molar-refractivity contribution in [2.45, 2.75) is 32.4 Å². The third-order valence-corrected chi connectivity index (χ3v) is 4.28. The minimum atomic E-state index is -4.87. The van der Waals surface area contributed by atoms with E-state index in [1.807, 2.05) is 31.2 Å². The van der Waals surface area contributed by atoms with Gasteiger partial charge in [0.25, 0.3) is 0 Å². The second-order valence-corrected chi connectivity index (χ2v) is 5.94. The number of aryl methyl sites for hydroxylation is 2. The highest BCUT2D eigenvalue weighted by Gasteiger charge is 2.64. The highest BCUT2D eigenvalue weighted by atomic mass is 19.4. The monoisotopic (exact) mass is 329 g/mol. The van der Waals surface area contributed by atoms with Crippen LogP contribution in [0, 0.1) is 12.3 Å². The van der Waals surface area contributed by atoms with E-state index >= 15 is 0 Å². The number of carbonyl (C=O) groups excluding carboxylic acids is 1. The molecule has 1 unspecified atom stereocenters. The Morgan fingerprint density at radius 2 is 2.04 bits per heavy atom. The zero-order valence-electron chi connectivity index (χ0n) is 12.7. The maximum absolute atomic E-state index is 13.1. The number of hydrogen-bond acceptors (Lipinski definition) is 2. The molecule has 7 heteroatoms. The Kier molecular flexibility index (Phi) is 4.68. The molecule has 1 aliphatic rings. The predicted molar refractivity (Wildman–Crippen MR) is 76.8 cm³/mol. The van der Waals surface area contributed by atoms with Crippen molar-refractivity contribution in [2.24, 2.45) is 5.41 Å². The lowest BCUT2D eigenvalue weighted by Crippen LogP contribution is -2.47. The van der Waals surface area contributed by atoms with E-state index in [4.69, 9.17) is 5.11 Å². The maximum atomic E-state index is 13.1. The molecule has 1 saturated heterocycles. The van der Waals surface area contributed by atoms with Gasteiger partial charge in [-0.2, -0.15) is 13.2 Å². The number of carboxylic acid groups (broad SMARTS) is 1. The van der Waals surface area contributed by atoms with Crippen molar-refractivity contribution >= 4 is 11.9 Å². The average Bonchev–Trinajstić information content (AvgIpc) is 2.91. The molecular formula is C16H18F3NO3. The fourth-order valence-electron chi connectivity index (χ4n) is 2.83. The summed E-state index contributed by atoms with van der Waals surface area (Å²) in [6, 6.07) is 7.52. The number of amides is 1. The van der Waals surface area contributed by atoms with E-state index in [1.54, 1.807) is 0 Å². The molecule has 0 saturated carbocycles. The fraction of sp³-hybridized carbons (Fsp3) is 0.500. The van der Waals surface area contributed by atoms with Gasteiger partial charge in [-0.05, 0) is 25.3 Å². The van der Waals surface area contributed by atoms with Crippen LogP contribution in [0.15, 0.2) is 24.3 Å². The van der Waals surface area contributed by atoms with E-state index in [9.17, 15) is 22.8 Å². The van der Waals surface area contributed by atoms with Crippen molar-refractivity contribution in [3.63, 3.8) is 0 Å². The Morgan fingerprint density at radius 1 is 1.35 bits per heavy atom. The smallest absolute Gasteiger partial charge is 0.406 e. The van der Waals surface area contributed by atoms with E-state index in [0.717, 1.165) is 16.0 Å². The number of alkyl halides is 3. The Morgan fingerprint density at radius 3 is 2.57 bits per heavy atom. The Hall–Kier alpha value is -2.05. The predicted octanol–water partition coefficient (Wildman–Crippen LogP) is 2.79. The van der Waals surface area contributed by atoms with Crippen molar-refractivity contribution in [2.75, 3.05) is 13.1 Å². The normalized spacial score (nSPS) is 21.5. The van der Waals surface area contributed by atoms with Crippen molar-refractivity contribution in [3.8, 4) is 0 Å². The first-order chi connectivity index (χ1) is 10.7. The summed E-state index contributed by atoms with van der Waals surface area (Å²) in [6.45, 7) is 0.924. The Labute approximate surface area is 131 Å². The van der Waals surface area contributed by atoms with Crippen LogP contribution in [0.5, 0.6) is 0 Å². The summed E-state index contributed by atoms with van der Waals surface area (Å²) in [6.07, 6.45) is -4.98. The number of hydrogen-bond donors (Lipinski definition) is 1. The SMILES string of the molecule is Cc1cccc(CCC(=O)N2CCC(C(=O)O)(C(F)(F)F)C2)c1. The van der Waals surface area contributed by atoms with Crippen LogP contribution in [0.1, 0.15) is 24.0 Å². The number of benzene rings is 1. The molecular weight excluding hydrogens is 311 g/mol. The van der Waals surface area contributed by atoms with Gasteiger partial charge in [0.05, 0.1) is 0 Å². The topological polar surface area (TPSA) is 57.6 Å².